The number of halogens is 1. The Hall–Kier alpha value is -4.00. The SMILES string of the molecule is COc1ccc(NC(=O)c2ccccc2C(=O)c2ccc(F)cc2)cc1NC(C)=O. The number of hydrogen-bond donors (Lipinski definition) is 2. The monoisotopic (exact) mass is 406 g/mol. The van der Waals surface area contributed by atoms with Crippen LogP contribution < -0.4 is 15.4 Å². The number of nitrogens with one attached hydrogen (secondary N) is 2. The number of benzene rings is 3. The number of ether oxygens (including phenoxy) is 1. The minimum absolute atomic E-state index is 0.170. The van der Waals surface area contributed by atoms with E-state index >= 15 is 0 Å². The first-order chi connectivity index (χ1) is 14.4. The number of ketones is 1. The van der Waals surface area contributed by atoms with Gasteiger partial charge in [-0.3, -0.25) is 14.4 Å². The van der Waals surface area contributed by atoms with Gasteiger partial charge in [-0.2, -0.15) is 0 Å². The fourth-order valence-electron chi connectivity index (χ4n) is 2.91. The Balaban J connectivity index is 1.89. The maximum atomic E-state index is 13.2. The molecule has 0 bridgehead atoms. The van der Waals surface area contributed by atoms with Gasteiger partial charge in [0.25, 0.3) is 5.91 Å². The Morgan fingerprint density at radius 1 is 0.867 bits per heavy atom. The molecule has 30 heavy (non-hydrogen) atoms. The van der Waals surface area contributed by atoms with E-state index in [1.165, 1.54) is 50.4 Å². The summed E-state index contributed by atoms with van der Waals surface area (Å²) in [6.07, 6.45) is 0. The first-order valence-electron chi connectivity index (χ1n) is 9.05. The predicted octanol–water partition coefficient (Wildman–Crippen LogP) is 4.28. The van der Waals surface area contributed by atoms with Crippen molar-refractivity contribution in [3.8, 4) is 5.75 Å². The lowest BCUT2D eigenvalue weighted by Crippen LogP contribution is -2.17. The molecule has 7 heteroatoms. The van der Waals surface area contributed by atoms with E-state index in [0.717, 1.165) is 0 Å². The molecule has 3 aromatic rings. The number of hydrogen-bond acceptors (Lipinski definition) is 4. The number of carbonyl (C=O) groups excluding carboxylic acids is 3. The van der Waals surface area contributed by atoms with Gasteiger partial charge in [-0.1, -0.05) is 18.2 Å². The quantitative estimate of drug-likeness (QED) is 0.599. The summed E-state index contributed by atoms with van der Waals surface area (Å²) in [4.78, 5) is 37.1. The molecule has 0 heterocycles. The molecule has 6 nitrogen and oxygen atoms in total. The van der Waals surface area contributed by atoms with Crippen molar-refractivity contribution in [1.82, 2.24) is 0 Å². The molecule has 0 spiro atoms. The minimum Gasteiger partial charge on any atom is -0.495 e. The molecule has 0 fully saturated rings. The molecule has 0 unspecified atom stereocenters. The molecule has 0 aromatic heterocycles. The van der Waals surface area contributed by atoms with E-state index in [-0.39, 0.29) is 22.6 Å². The number of carbonyl (C=O) groups is 3. The van der Waals surface area contributed by atoms with Crippen LogP contribution in [0.2, 0.25) is 0 Å². The van der Waals surface area contributed by atoms with Crippen LogP contribution in [0.4, 0.5) is 15.8 Å². The molecular weight excluding hydrogens is 387 g/mol. The van der Waals surface area contributed by atoms with Gasteiger partial charge >= 0.3 is 0 Å². The van der Waals surface area contributed by atoms with E-state index in [9.17, 15) is 18.8 Å². The zero-order chi connectivity index (χ0) is 21.7. The number of methoxy groups -OCH3 is 1. The summed E-state index contributed by atoms with van der Waals surface area (Å²) in [5.41, 5.74) is 1.45. The van der Waals surface area contributed by atoms with E-state index in [1.54, 1.807) is 30.3 Å². The topological polar surface area (TPSA) is 84.5 Å². The molecule has 152 valence electrons. The van der Waals surface area contributed by atoms with Crippen LogP contribution in [0.3, 0.4) is 0 Å². The average Bonchev–Trinajstić information content (AvgIpc) is 2.73. The lowest BCUT2D eigenvalue weighted by Gasteiger charge is -2.13. The summed E-state index contributed by atoms with van der Waals surface area (Å²) in [5, 5.41) is 5.35. The van der Waals surface area contributed by atoms with Crippen LogP contribution in [-0.2, 0) is 4.79 Å². The molecule has 0 saturated heterocycles. The molecule has 0 saturated carbocycles. The first kappa shape index (κ1) is 20.7. The van der Waals surface area contributed by atoms with Crippen molar-refractivity contribution in [2.45, 2.75) is 6.92 Å². The molecule has 0 atom stereocenters. The van der Waals surface area contributed by atoms with Crippen molar-refractivity contribution in [2.75, 3.05) is 17.7 Å². The maximum absolute atomic E-state index is 13.2. The van der Waals surface area contributed by atoms with E-state index in [0.29, 0.717) is 17.1 Å². The highest BCUT2D eigenvalue weighted by molar-refractivity contribution is 6.17. The Morgan fingerprint density at radius 2 is 1.53 bits per heavy atom. The molecule has 0 aliphatic rings. The largest absolute Gasteiger partial charge is 0.495 e. The summed E-state index contributed by atoms with van der Waals surface area (Å²) >= 11 is 0. The van der Waals surface area contributed by atoms with Gasteiger partial charge in [0.1, 0.15) is 11.6 Å². The third-order valence-electron chi connectivity index (χ3n) is 4.29. The second kappa shape index (κ2) is 9.00. The molecule has 2 N–H and O–H groups in total. The van der Waals surface area contributed by atoms with Crippen molar-refractivity contribution in [1.29, 1.82) is 0 Å². The van der Waals surface area contributed by atoms with Gasteiger partial charge in [0.15, 0.2) is 5.78 Å². The minimum atomic E-state index is -0.500. The fraction of sp³-hybridized carbons (Fsp3) is 0.0870. The third kappa shape index (κ3) is 4.70. The van der Waals surface area contributed by atoms with Crippen LogP contribution in [0.15, 0.2) is 66.7 Å². The van der Waals surface area contributed by atoms with Crippen LogP contribution >= 0.6 is 0 Å². The number of rotatable bonds is 6. The van der Waals surface area contributed by atoms with E-state index in [1.807, 2.05) is 0 Å². The van der Waals surface area contributed by atoms with Gasteiger partial charge in [0, 0.05) is 23.7 Å². The number of amides is 2. The van der Waals surface area contributed by atoms with E-state index in [4.69, 9.17) is 4.74 Å². The van der Waals surface area contributed by atoms with Gasteiger partial charge < -0.3 is 15.4 Å². The maximum Gasteiger partial charge on any atom is 0.256 e. The molecule has 0 aliphatic heterocycles. The highest BCUT2D eigenvalue weighted by atomic mass is 19.1. The smallest absolute Gasteiger partial charge is 0.256 e. The summed E-state index contributed by atoms with van der Waals surface area (Å²) in [7, 11) is 1.47. The molecule has 2 amide bonds. The highest BCUT2D eigenvalue weighted by Crippen LogP contribution is 2.28. The summed E-state index contributed by atoms with van der Waals surface area (Å²) in [5.74, 6) is -1.19. The second-order valence-electron chi connectivity index (χ2n) is 6.43. The van der Waals surface area contributed by atoms with Crippen molar-refractivity contribution >= 4 is 29.0 Å². The van der Waals surface area contributed by atoms with Crippen LogP contribution in [0, 0.1) is 5.82 Å². The van der Waals surface area contributed by atoms with Crippen molar-refractivity contribution in [3.63, 3.8) is 0 Å². The van der Waals surface area contributed by atoms with Crippen LogP contribution in [0.5, 0.6) is 5.75 Å². The molecule has 0 aliphatic carbocycles. The lowest BCUT2D eigenvalue weighted by atomic mass is 9.98. The lowest BCUT2D eigenvalue weighted by molar-refractivity contribution is -0.114. The van der Waals surface area contributed by atoms with Crippen molar-refractivity contribution in [2.24, 2.45) is 0 Å². The summed E-state index contributed by atoms with van der Waals surface area (Å²) in [6.45, 7) is 1.36. The van der Waals surface area contributed by atoms with Crippen LogP contribution in [0.25, 0.3) is 0 Å². The predicted molar refractivity (Wildman–Crippen MR) is 112 cm³/mol. The van der Waals surface area contributed by atoms with E-state index < -0.39 is 17.5 Å². The van der Waals surface area contributed by atoms with Gasteiger partial charge in [-0.15, -0.1) is 0 Å². The fourth-order valence-corrected chi connectivity index (χ4v) is 2.91. The average molecular weight is 406 g/mol. The van der Waals surface area contributed by atoms with Crippen molar-refractivity contribution < 1.29 is 23.5 Å². The van der Waals surface area contributed by atoms with Gasteiger partial charge in [-0.05, 0) is 48.5 Å². The standard InChI is InChI=1S/C23H19FN2O4/c1-14(27)25-20-13-17(11-12-21(20)30-2)26-23(29)19-6-4-3-5-18(19)22(28)15-7-9-16(24)10-8-15/h3-13H,1-2H3,(H,25,27)(H,26,29). The first-order valence-corrected chi connectivity index (χ1v) is 9.05. The molecule has 3 rings (SSSR count). The van der Waals surface area contributed by atoms with Gasteiger partial charge in [0.2, 0.25) is 5.91 Å². The highest BCUT2D eigenvalue weighted by Gasteiger charge is 2.19. The summed E-state index contributed by atoms with van der Waals surface area (Å²) in [6, 6.07) is 16.3. The van der Waals surface area contributed by atoms with Crippen LogP contribution in [0.1, 0.15) is 33.2 Å². The zero-order valence-corrected chi connectivity index (χ0v) is 16.4. The number of anilines is 2. The van der Waals surface area contributed by atoms with Crippen LogP contribution in [-0.4, -0.2) is 24.7 Å². The molecule has 0 radical (unpaired) electrons. The Morgan fingerprint density at radius 3 is 2.17 bits per heavy atom. The second-order valence-corrected chi connectivity index (χ2v) is 6.43. The third-order valence-corrected chi connectivity index (χ3v) is 4.29. The van der Waals surface area contributed by atoms with Gasteiger partial charge in [-0.25, -0.2) is 4.39 Å². The Labute approximate surface area is 172 Å². The van der Waals surface area contributed by atoms with Gasteiger partial charge in [0.05, 0.1) is 18.4 Å². The Kier molecular flexibility index (Phi) is 6.22. The summed E-state index contributed by atoms with van der Waals surface area (Å²) < 4.78 is 18.4. The normalized spacial score (nSPS) is 10.2. The zero-order valence-electron chi connectivity index (χ0n) is 16.4. The molecular formula is C23H19FN2O4. The Bertz CT molecular complexity index is 1110. The van der Waals surface area contributed by atoms with E-state index in [2.05, 4.69) is 10.6 Å². The molecule has 3 aromatic carbocycles. The van der Waals surface area contributed by atoms with Crippen molar-refractivity contribution in [3.05, 3.63) is 89.2 Å².